The van der Waals surface area contributed by atoms with Gasteiger partial charge in [-0.3, -0.25) is 0 Å². The molecule has 0 atom stereocenters. The molecule has 105 valence electrons. The Kier molecular flexibility index (Phi) is 5.38. The van der Waals surface area contributed by atoms with Crippen molar-refractivity contribution in [1.82, 2.24) is 0 Å². The number of hydrogen-bond donors (Lipinski definition) is 0. The summed E-state index contributed by atoms with van der Waals surface area (Å²) in [4.78, 5) is 0. The van der Waals surface area contributed by atoms with E-state index < -0.39 is 0 Å². The lowest BCUT2D eigenvalue weighted by Crippen LogP contribution is -2.33. The van der Waals surface area contributed by atoms with Gasteiger partial charge in [-0.2, -0.15) is 0 Å². The van der Waals surface area contributed by atoms with Crippen LogP contribution in [0.2, 0.25) is 0 Å². The molecule has 0 spiro atoms. The Balaban J connectivity index is 2.55. The third-order valence-corrected chi connectivity index (χ3v) is 7.65. The van der Waals surface area contributed by atoms with Crippen LogP contribution in [0.25, 0.3) is 0 Å². The summed E-state index contributed by atoms with van der Waals surface area (Å²) >= 11 is 0. The smallest absolute Gasteiger partial charge is 0.000888 e. The third kappa shape index (κ3) is 2.96. The minimum Gasteiger partial charge on any atom is -0.0645 e. The van der Waals surface area contributed by atoms with Crippen LogP contribution in [0.1, 0.15) is 33.6 Å². The number of hydrogen-bond acceptors (Lipinski definition) is 0. The molecule has 2 aromatic carbocycles. The van der Waals surface area contributed by atoms with Crippen LogP contribution in [0.4, 0.5) is 0 Å². The van der Waals surface area contributed by atoms with E-state index in [0.29, 0.717) is 0 Å². The first kappa shape index (κ1) is 15.3. The Morgan fingerprint density at radius 2 is 1.20 bits per heavy atom. The first-order valence-corrected chi connectivity index (χ1v) is 8.82. The molecular weight excluding hydrogens is 259 g/mol. The van der Waals surface area contributed by atoms with Crippen LogP contribution >= 0.6 is 7.92 Å². The zero-order valence-electron chi connectivity index (χ0n) is 12.7. The summed E-state index contributed by atoms with van der Waals surface area (Å²) in [6.45, 7) is 6.88. The van der Waals surface area contributed by atoms with Crippen LogP contribution in [0.15, 0.2) is 60.7 Å². The van der Waals surface area contributed by atoms with Crippen molar-refractivity contribution in [3.8, 4) is 0 Å². The third-order valence-electron chi connectivity index (χ3n) is 4.24. The van der Waals surface area contributed by atoms with E-state index in [9.17, 15) is 0 Å². The van der Waals surface area contributed by atoms with Gasteiger partial charge in [0.25, 0.3) is 0 Å². The first-order valence-electron chi connectivity index (χ1n) is 7.48. The van der Waals surface area contributed by atoms with E-state index in [-0.39, 0.29) is 13.1 Å². The largest absolute Gasteiger partial charge is 0.0645 e. The lowest BCUT2D eigenvalue weighted by Gasteiger charge is -2.40. The highest BCUT2D eigenvalue weighted by Gasteiger charge is 2.35. The average molecular weight is 283 g/mol. The van der Waals surface area contributed by atoms with Gasteiger partial charge >= 0.3 is 0 Å². The number of rotatable bonds is 6. The van der Waals surface area contributed by atoms with Crippen molar-refractivity contribution in [3.05, 3.63) is 67.1 Å². The van der Waals surface area contributed by atoms with Gasteiger partial charge in [-0.15, -0.1) is 0 Å². The molecule has 0 aliphatic rings. The molecular formula is C19H24P. The van der Waals surface area contributed by atoms with Gasteiger partial charge in [-0.05, 0) is 37.8 Å². The van der Waals surface area contributed by atoms with Crippen molar-refractivity contribution in [3.63, 3.8) is 0 Å². The van der Waals surface area contributed by atoms with E-state index in [4.69, 9.17) is 0 Å². The highest BCUT2D eigenvalue weighted by molar-refractivity contribution is 7.74. The van der Waals surface area contributed by atoms with E-state index in [2.05, 4.69) is 87.9 Å². The van der Waals surface area contributed by atoms with Crippen molar-refractivity contribution in [1.29, 1.82) is 0 Å². The molecule has 2 aromatic rings. The highest BCUT2D eigenvalue weighted by Crippen LogP contribution is 2.53. The molecule has 0 saturated carbocycles. The fraction of sp³-hybridized carbons (Fsp3) is 0.316. The molecule has 0 heterocycles. The van der Waals surface area contributed by atoms with E-state index in [0.717, 1.165) is 0 Å². The Hall–Kier alpha value is -1.13. The van der Waals surface area contributed by atoms with E-state index in [1.807, 2.05) is 0 Å². The normalized spacial score (nSPS) is 11.8. The fourth-order valence-corrected chi connectivity index (χ4v) is 6.08. The van der Waals surface area contributed by atoms with Gasteiger partial charge in [-0.1, -0.05) is 81.4 Å². The second-order valence-electron chi connectivity index (χ2n) is 5.11. The van der Waals surface area contributed by atoms with E-state index >= 15 is 0 Å². The molecule has 0 saturated heterocycles. The van der Waals surface area contributed by atoms with Gasteiger partial charge in [0.2, 0.25) is 0 Å². The molecule has 1 heteroatoms. The predicted octanol–water partition coefficient (Wildman–Crippen LogP) is 4.90. The molecule has 1 radical (unpaired) electrons. The maximum Gasteiger partial charge on any atom is 0.000888 e. The molecule has 2 rings (SSSR count). The Labute approximate surface area is 125 Å². The molecule has 0 aliphatic carbocycles. The summed E-state index contributed by atoms with van der Waals surface area (Å²) in [5, 5.41) is 3.25. The summed E-state index contributed by atoms with van der Waals surface area (Å²) in [5.74, 6) is 0. The molecule has 0 fully saturated rings. The van der Waals surface area contributed by atoms with E-state index in [1.54, 1.807) is 0 Å². The van der Waals surface area contributed by atoms with Crippen LogP contribution in [-0.4, -0.2) is 5.16 Å². The molecule has 0 unspecified atom stereocenters. The summed E-state index contributed by atoms with van der Waals surface area (Å²) in [5.41, 5.74) is 0. The summed E-state index contributed by atoms with van der Waals surface area (Å²) in [6.07, 6.45) is 4.82. The first-order chi connectivity index (χ1) is 9.77. The second-order valence-corrected chi connectivity index (χ2v) is 7.70. The molecule has 20 heavy (non-hydrogen) atoms. The molecule has 0 nitrogen and oxygen atoms in total. The SMILES string of the molecule is C[CH]C(CC)(CC)P(c1ccccc1)c1ccccc1. The van der Waals surface area contributed by atoms with Crippen molar-refractivity contribution in [2.45, 2.75) is 38.8 Å². The lowest BCUT2D eigenvalue weighted by molar-refractivity contribution is 0.612. The molecule has 0 aromatic heterocycles. The summed E-state index contributed by atoms with van der Waals surface area (Å²) < 4.78 is 0. The van der Waals surface area contributed by atoms with Crippen LogP contribution in [0.3, 0.4) is 0 Å². The molecule has 0 bridgehead atoms. The van der Waals surface area contributed by atoms with Crippen molar-refractivity contribution in [2.24, 2.45) is 0 Å². The molecule has 0 amide bonds. The zero-order chi connectivity index (χ0) is 14.4. The predicted molar refractivity (Wildman–Crippen MR) is 92.4 cm³/mol. The lowest BCUT2D eigenvalue weighted by atomic mass is 9.99. The van der Waals surface area contributed by atoms with Gasteiger partial charge in [0.05, 0.1) is 0 Å². The minimum atomic E-state index is -0.354. The standard InChI is InChI=1S/C19H24P/c1-4-19(5-2,6-3)20(17-13-9-7-10-14-17)18-15-11-8-12-16-18/h4,7-16H,5-6H2,1-3H3. The van der Waals surface area contributed by atoms with Crippen LogP contribution < -0.4 is 10.6 Å². The van der Waals surface area contributed by atoms with Gasteiger partial charge < -0.3 is 0 Å². The van der Waals surface area contributed by atoms with Crippen molar-refractivity contribution >= 4 is 18.5 Å². The van der Waals surface area contributed by atoms with Crippen LogP contribution in [0.5, 0.6) is 0 Å². The Bertz CT molecular complexity index is 452. The zero-order valence-corrected chi connectivity index (χ0v) is 13.6. The minimum absolute atomic E-state index is 0.290. The number of benzene rings is 2. The highest BCUT2D eigenvalue weighted by atomic mass is 31.1. The van der Waals surface area contributed by atoms with Gasteiger partial charge in [0, 0.05) is 5.16 Å². The van der Waals surface area contributed by atoms with Crippen LogP contribution in [-0.2, 0) is 0 Å². The summed E-state index contributed by atoms with van der Waals surface area (Å²) in [6, 6.07) is 22.1. The monoisotopic (exact) mass is 283 g/mol. The summed E-state index contributed by atoms with van der Waals surface area (Å²) in [7, 11) is -0.354. The maximum absolute atomic E-state index is 2.44. The molecule has 0 N–H and O–H groups in total. The average Bonchev–Trinajstić information content (AvgIpc) is 2.54. The topological polar surface area (TPSA) is 0 Å². The van der Waals surface area contributed by atoms with Crippen molar-refractivity contribution < 1.29 is 0 Å². The van der Waals surface area contributed by atoms with Crippen LogP contribution in [0, 0.1) is 6.42 Å². The Morgan fingerprint density at radius 3 is 1.50 bits per heavy atom. The maximum atomic E-state index is 2.44. The Morgan fingerprint density at radius 1 is 0.800 bits per heavy atom. The van der Waals surface area contributed by atoms with Gasteiger partial charge in [-0.25, -0.2) is 0 Å². The second kappa shape index (κ2) is 7.04. The van der Waals surface area contributed by atoms with E-state index in [1.165, 1.54) is 23.5 Å². The fourth-order valence-electron chi connectivity index (χ4n) is 2.92. The van der Waals surface area contributed by atoms with Crippen molar-refractivity contribution in [2.75, 3.05) is 0 Å². The van der Waals surface area contributed by atoms with Gasteiger partial charge in [0.1, 0.15) is 0 Å². The quantitative estimate of drug-likeness (QED) is 0.661. The molecule has 0 aliphatic heterocycles. The van der Waals surface area contributed by atoms with Gasteiger partial charge in [0.15, 0.2) is 0 Å².